The van der Waals surface area contributed by atoms with Crippen LogP contribution in [-0.2, 0) is 0 Å². The zero-order valence-electron chi connectivity index (χ0n) is 11.4. The van der Waals surface area contributed by atoms with Gasteiger partial charge in [-0.05, 0) is 11.5 Å². The summed E-state index contributed by atoms with van der Waals surface area (Å²) in [5.74, 6) is 1.18. The van der Waals surface area contributed by atoms with Crippen LogP contribution in [0.15, 0.2) is 16.7 Å². The van der Waals surface area contributed by atoms with Crippen LogP contribution in [0.25, 0.3) is 11.5 Å². The van der Waals surface area contributed by atoms with Crippen LogP contribution in [0, 0.1) is 5.41 Å². The Morgan fingerprint density at radius 2 is 2.00 bits per heavy atom. The van der Waals surface area contributed by atoms with Crippen LogP contribution < -0.4 is 10.5 Å². The van der Waals surface area contributed by atoms with Crippen LogP contribution in [0.1, 0.15) is 32.7 Å². The molecule has 0 saturated heterocycles. The maximum absolute atomic E-state index is 6.06. The second-order valence-electron chi connectivity index (χ2n) is 5.26. The van der Waals surface area contributed by atoms with E-state index in [4.69, 9.17) is 15.0 Å². The molecule has 2 rings (SSSR count). The zero-order chi connectivity index (χ0) is 14.0. The molecule has 2 heterocycles. The summed E-state index contributed by atoms with van der Waals surface area (Å²) in [5, 5.41) is 11.7. The zero-order valence-corrected chi connectivity index (χ0v) is 11.4. The molecule has 0 fully saturated rings. The molecule has 19 heavy (non-hydrogen) atoms. The maximum atomic E-state index is 6.06. The lowest BCUT2D eigenvalue weighted by molar-refractivity contribution is 0.253. The Morgan fingerprint density at radius 1 is 1.26 bits per heavy atom. The monoisotopic (exact) mass is 263 g/mol. The van der Waals surface area contributed by atoms with Gasteiger partial charge in [0.15, 0.2) is 0 Å². The van der Waals surface area contributed by atoms with Gasteiger partial charge in [0.25, 0.3) is 0 Å². The molecule has 7 nitrogen and oxygen atoms in total. The van der Waals surface area contributed by atoms with Gasteiger partial charge in [0.2, 0.25) is 17.6 Å². The summed E-state index contributed by atoms with van der Waals surface area (Å²) in [6, 6.07) is 3.06. The predicted molar refractivity (Wildman–Crippen MR) is 68.3 cm³/mol. The van der Waals surface area contributed by atoms with Crippen LogP contribution in [-0.4, -0.2) is 27.4 Å². The smallest absolute Gasteiger partial charge is 0.244 e. The molecule has 0 radical (unpaired) electrons. The van der Waals surface area contributed by atoms with Gasteiger partial charge >= 0.3 is 0 Å². The first-order valence-corrected chi connectivity index (χ1v) is 5.89. The summed E-state index contributed by atoms with van der Waals surface area (Å²) in [7, 11) is 1.53. The lowest BCUT2D eigenvalue weighted by Gasteiger charge is -2.23. The first kappa shape index (κ1) is 13.4. The van der Waals surface area contributed by atoms with Gasteiger partial charge in [0, 0.05) is 6.07 Å². The van der Waals surface area contributed by atoms with E-state index in [1.54, 1.807) is 12.1 Å². The van der Waals surface area contributed by atoms with Crippen molar-refractivity contribution in [2.75, 3.05) is 7.11 Å². The van der Waals surface area contributed by atoms with Gasteiger partial charge in [-0.3, -0.25) is 0 Å². The highest BCUT2D eigenvalue weighted by molar-refractivity contribution is 5.47. The van der Waals surface area contributed by atoms with Crippen molar-refractivity contribution in [2.45, 2.75) is 26.8 Å². The van der Waals surface area contributed by atoms with Gasteiger partial charge < -0.3 is 15.0 Å². The van der Waals surface area contributed by atoms with Gasteiger partial charge in [-0.2, -0.15) is 4.98 Å². The Kier molecular flexibility index (Phi) is 3.48. The summed E-state index contributed by atoms with van der Waals surface area (Å²) in [4.78, 5) is 4.26. The fourth-order valence-electron chi connectivity index (χ4n) is 1.38. The van der Waals surface area contributed by atoms with Gasteiger partial charge in [0.05, 0.1) is 13.2 Å². The molecule has 0 aliphatic rings. The van der Waals surface area contributed by atoms with E-state index in [0.717, 1.165) is 0 Å². The summed E-state index contributed by atoms with van der Waals surface area (Å²) < 4.78 is 10.1. The second-order valence-corrected chi connectivity index (χ2v) is 5.26. The molecule has 0 unspecified atom stereocenters. The molecule has 2 N–H and O–H groups in total. The number of ether oxygens (including phenoxy) is 1. The molecule has 0 bridgehead atoms. The average Bonchev–Trinajstić information content (AvgIpc) is 2.86. The topological polar surface area (TPSA) is 100.0 Å². The minimum Gasteiger partial charge on any atom is -0.480 e. The fourth-order valence-corrected chi connectivity index (χ4v) is 1.38. The number of rotatable bonds is 3. The summed E-state index contributed by atoms with van der Waals surface area (Å²) >= 11 is 0. The highest BCUT2D eigenvalue weighted by Crippen LogP contribution is 2.30. The molecule has 0 aliphatic heterocycles. The summed E-state index contributed by atoms with van der Waals surface area (Å²) in [6.07, 6.45) is 0. The van der Waals surface area contributed by atoms with Crippen molar-refractivity contribution in [1.82, 2.24) is 20.3 Å². The lowest BCUT2D eigenvalue weighted by atomic mass is 9.87. The number of hydrogen-bond acceptors (Lipinski definition) is 7. The van der Waals surface area contributed by atoms with Crippen molar-refractivity contribution >= 4 is 0 Å². The molecule has 102 valence electrons. The van der Waals surface area contributed by atoms with Gasteiger partial charge in [0.1, 0.15) is 5.69 Å². The third kappa shape index (κ3) is 2.87. The van der Waals surface area contributed by atoms with Crippen molar-refractivity contribution in [3.63, 3.8) is 0 Å². The van der Waals surface area contributed by atoms with Crippen LogP contribution >= 0.6 is 0 Å². The Balaban J connectivity index is 2.25. The van der Waals surface area contributed by atoms with E-state index in [-0.39, 0.29) is 11.5 Å². The number of methoxy groups -OCH3 is 1. The second kappa shape index (κ2) is 4.93. The molecule has 1 atom stereocenters. The van der Waals surface area contributed by atoms with Gasteiger partial charge in [-0.25, -0.2) is 0 Å². The number of nitrogens with two attached hydrogens (primary N) is 1. The van der Waals surface area contributed by atoms with Crippen molar-refractivity contribution in [3.8, 4) is 17.4 Å². The minimum atomic E-state index is -0.333. The van der Waals surface area contributed by atoms with Crippen LogP contribution in [0.3, 0.4) is 0 Å². The SMILES string of the molecule is COc1ccc(-c2noc([C@H](N)C(C)(C)C)n2)nn1. The van der Waals surface area contributed by atoms with Crippen molar-refractivity contribution in [1.29, 1.82) is 0 Å². The molecular formula is C12H17N5O2. The van der Waals surface area contributed by atoms with Crippen LogP contribution in [0.5, 0.6) is 5.88 Å². The highest BCUT2D eigenvalue weighted by atomic mass is 16.5. The first-order valence-electron chi connectivity index (χ1n) is 5.89. The molecule has 2 aromatic heterocycles. The van der Waals surface area contributed by atoms with Crippen LogP contribution in [0.2, 0.25) is 0 Å². The molecule has 2 aromatic rings. The molecular weight excluding hydrogens is 246 g/mol. The first-order chi connectivity index (χ1) is 8.91. The normalized spacial score (nSPS) is 13.3. The van der Waals surface area contributed by atoms with Crippen molar-refractivity contribution in [3.05, 3.63) is 18.0 Å². The molecule has 0 aromatic carbocycles. The molecule has 7 heteroatoms. The lowest BCUT2D eigenvalue weighted by Crippen LogP contribution is -2.26. The summed E-state index contributed by atoms with van der Waals surface area (Å²) in [5.41, 5.74) is 6.41. The Bertz CT molecular complexity index is 544. The van der Waals surface area contributed by atoms with E-state index in [9.17, 15) is 0 Å². The number of aromatic nitrogens is 4. The van der Waals surface area contributed by atoms with E-state index in [0.29, 0.717) is 23.3 Å². The fraction of sp³-hybridized carbons (Fsp3) is 0.500. The number of hydrogen-bond donors (Lipinski definition) is 1. The molecule has 0 spiro atoms. The maximum Gasteiger partial charge on any atom is 0.244 e. The average molecular weight is 263 g/mol. The Morgan fingerprint density at radius 3 is 2.53 bits per heavy atom. The molecule has 0 saturated carbocycles. The third-order valence-electron chi connectivity index (χ3n) is 2.72. The third-order valence-corrected chi connectivity index (χ3v) is 2.72. The van der Waals surface area contributed by atoms with Crippen LogP contribution in [0.4, 0.5) is 0 Å². The van der Waals surface area contributed by atoms with E-state index in [1.165, 1.54) is 7.11 Å². The Hall–Kier alpha value is -2.02. The minimum absolute atomic E-state index is 0.157. The largest absolute Gasteiger partial charge is 0.480 e. The van der Waals surface area contributed by atoms with Crippen molar-refractivity contribution < 1.29 is 9.26 Å². The van der Waals surface area contributed by atoms with E-state index < -0.39 is 0 Å². The van der Waals surface area contributed by atoms with E-state index >= 15 is 0 Å². The quantitative estimate of drug-likeness (QED) is 0.897. The standard InChI is InChI=1S/C12H17N5O2/c1-12(2,3)9(13)11-14-10(17-19-11)7-5-6-8(18-4)16-15-7/h5-6,9H,13H2,1-4H3/t9-/m0/s1. The van der Waals surface area contributed by atoms with Crippen molar-refractivity contribution in [2.24, 2.45) is 11.1 Å². The predicted octanol–water partition coefficient (Wildman–Crippen LogP) is 1.58. The van der Waals surface area contributed by atoms with E-state index in [1.807, 2.05) is 20.8 Å². The van der Waals surface area contributed by atoms with Gasteiger partial charge in [-0.1, -0.05) is 25.9 Å². The van der Waals surface area contributed by atoms with E-state index in [2.05, 4.69) is 20.3 Å². The molecule has 0 amide bonds. The molecule has 0 aliphatic carbocycles. The summed E-state index contributed by atoms with van der Waals surface area (Å²) in [6.45, 7) is 6.03. The Labute approximate surface area is 111 Å². The number of nitrogens with zero attached hydrogens (tertiary/aromatic N) is 4. The van der Waals surface area contributed by atoms with Gasteiger partial charge in [-0.15, -0.1) is 10.2 Å². The highest BCUT2D eigenvalue weighted by Gasteiger charge is 2.27.